The van der Waals surface area contributed by atoms with Crippen molar-refractivity contribution in [3.05, 3.63) is 23.8 Å². The molecule has 0 bridgehead atoms. The molecule has 0 aromatic heterocycles. The molecular formula is C20H27N3O8. The summed E-state index contributed by atoms with van der Waals surface area (Å²) >= 11 is 0. The summed E-state index contributed by atoms with van der Waals surface area (Å²) in [6.45, 7) is 5.21. The Morgan fingerprint density at radius 2 is 1.87 bits per heavy atom. The fourth-order valence-electron chi connectivity index (χ4n) is 2.66. The Bertz CT molecular complexity index is 808. The third-order valence-electron chi connectivity index (χ3n) is 4.34. The van der Waals surface area contributed by atoms with E-state index in [0.717, 1.165) is 0 Å². The maximum atomic E-state index is 12.4. The zero-order valence-corrected chi connectivity index (χ0v) is 17.8. The lowest BCUT2D eigenvalue weighted by Gasteiger charge is -2.26. The SMILES string of the molecule is CCNC(=O)NC(=O)[C@@H](C)OC(=O)c1ccc(OCC(=O)N2CCOCC2)c(OC)c1. The molecule has 1 atom stereocenters. The summed E-state index contributed by atoms with van der Waals surface area (Å²) in [5.74, 6) is -1.22. The molecule has 31 heavy (non-hydrogen) atoms. The van der Waals surface area contributed by atoms with E-state index < -0.39 is 24.0 Å². The number of hydrogen-bond donors (Lipinski definition) is 2. The van der Waals surface area contributed by atoms with Crippen molar-refractivity contribution >= 4 is 23.8 Å². The van der Waals surface area contributed by atoms with Crippen molar-refractivity contribution in [1.82, 2.24) is 15.5 Å². The Kier molecular flexibility index (Phi) is 9.07. The lowest BCUT2D eigenvalue weighted by atomic mass is 10.2. The van der Waals surface area contributed by atoms with Gasteiger partial charge in [-0.15, -0.1) is 0 Å². The second-order valence-corrected chi connectivity index (χ2v) is 6.54. The first kappa shape index (κ1) is 23.9. The van der Waals surface area contributed by atoms with E-state index in [1.807, 2.05) is 0 Å². The number of rotatable bonds is 8. The number of urea groups is 1. The topological polar surface area (TPSA) is 132 Å². The van der Waals surface area contributed by atoms with Gasteiger partial charge in [0.15, 0.2) is 24.2 Å². The molecule has 1 aromatic rings. The van der Waals surface area contributed by atoms with Gasteiger partial charge in [-0.1, -0.05) is 0 Å². The van der Waals surface area contributed by atoms with Crippen LogP contribution in [0.2, 0.25) is 0 Å². The minimum absolute atomic E-state index is 0.112. The Balaban J connectivity index is 1.94. The predicted octanol–water partition coefficient (Wildman–Crippen LogP) is 0.324. The van der Waals surface area contributed by atoms with Crippen LogP contribution in [-0.4, -0.2) is 81.4 Å². The van der Waals surface area contributed by atoms with Gasteiger partial charge >= 0.3 is 12.0 Å². The van der Waals surface area contributed by atoms with Gasteiger partial charge in [-0.3, -0.25) is 14.9 Å². The molecule has 0 saturated carbocycles. The number of nitrogens with zero attached hydrogens (tertiary/aromatic N) is 1. The molecule has 2 rings (SSSR count). The molecule has 0 unspecified atom stereocenters. The highest BCUT2D eigenvalue weighted by Crippen LogP contribution is 2.28. The molecule has 1 aromatic carbocycles. The molecule has 1 aliphatic heterocycles. The van der Waals surface area contributed by atoms with Crippen LogP contribution in [0.3, 0.4) is 0 Å². The van der Waals surface area contributed by atoms with E-state index >= 15 is 0 Å². The summed E-state index contributed by atoms with van der Waals surface area (Å²) in [7, 11) is 1.39. The quantitative estimate of drug-likeness (QED) is 0.556. The first-order valence-electron chi connectivity index (χ1n) is 9.81. The molecule has 0 spiro atoms. The number of hydrogen-bond acceptors (Lipinski definition) is 8. The van der Waals surface area contributed by atoms with Crippen LogP contribution in [0.15, 0.2) is 18.2 Å². The lowest BCUT2D eigenvalue weighted by Crippen LogP contribution is -2.44. The Labute approximate surface area is 179 Å². The Morgan fingerprint density at radius 3 is 2.52 bits per heavy atom. The highest BCUT2D eigenvalue weighted by Gasteiger charge is 2.22. The molecule has 4 amide bonds. The van der Waals surface area contributed by atoms with Crippen molar-refractivity contribution in [2.75, 3.05) is 46.6 Å². The van der Waals surface area contributed by atoms with Crippen molar-refractivity contribution < 1.29 is 38.1 Å². The van der Waals surface area contributed by atoms with E-state index in [-0.39, 0.29) is 29.6 Å². The van der Waals surface area contributed by atoms with Crippen LogP contribution in [0, 0.1) is 0 Å². The van der Waals surface area contributed by atoms with Crippen molar-refractivity contribution in [3.63, 3.8) is 0 Å². The van der Waals surface area contributed by atoms with Gasteiger partial charge in [-0.25, -0.2) is 9.59 Å². The zero-order valence-electron chi connectivity index (χ0n) is 17.8. The van der Waals surface area contributed by atoms with Crippen LogP contribution in [0.5, 0.6) is 11.5 Å². The van der Waals surface area contributed by atoms with Gasteiger partial charge in [0, 0.05) is 19.6 Å². The lowest BCUT2D eigenvalue weighted by molar-refractivity contribution is -0.137. The molecule has 1 saturated heterocycles. The number of amides is 4. The third kappa shape index (κ3) is 7.14. The number of nitrogens with one attached hydrogen (secondary N) is 2. The number of imide groups is 1. The van der Waals surface area contributed by atoms with E-state index in [0.29, 0.717) is 32.8 Å². The largest absolute Gasteiger partial charge is 0.493 e. The highest BCUT2D eigenvalue weighted by molar-refractivity contribution is 5.98. The van der Waals surface area contributed by atoms with Crippen LogP contribution in [0.4, 0.5) is 4.79 Å². The molecule has 2 N–H and O–H groups in total. The normalized spacial score (nSPS) is 14.2. The minimum Gasteiger partial charge on any atom is -0.493 e. The molecule has 11 heteroatoms. The van der Waals surface area contributed by atoms with Gasteiger partial charge in [0.1, 0.15) is 0 Å². The molecule has 170 valence electrons. The fraction of sp³-hybridized carbons (Fsp3) is 0.500. The minimum atomic E-state index is -1.19. The number of ether oxygens (including phenoxy) is 4. The molecule has 0 aliphatic carbocycles. The average Bonchev–Trinajstić information content (AvgIpc) is 2.77. The molecule has 1 heterocycles. The maximum absolute atomic E-state index is 12.4. The zero-order chi connectivity index (χ0) is 22.8. The van der Waals surface area contributed by atoms with E-state index in [4.69, 9.17) is 18.9 Å². The predicted molar refractivity (Wildman–Crippen MR) is 108 cm³/mol. The number of methoxy groups -OCH3 is 1. The summed E-state index contributed by atoms with van der Waals surface area (Å²) in [5, 5.41) is 4.47. The van der Waals surface area contributed by atoms with E-state index in [2.05, 4.69) is 10.6 Å². The smallest absolute Gasteiger partial charge is 0.339 e. The number of carbonyl (C=O) groups excluding carboxylic acids is 4. The molecule has 0 radical (unpaired) electrons. The first-order chi connectivity index (χ1) is 14.8. The van der Waals surface area contributed by atoms with E-state index in [9.17, 15) is 19.2 Å². The standard InChI is InChI=1S/C20H27N3O8/c1-4-21-20(27)22-18(25)13(2)31-19(26)14-5-6-15(16(11-14)28-3)30-12-17(24)23-7-9-29-10-8-23/h5-6,11,13H,4,7-10,12H2,1-3H3,(H2,21,22,25,27)/t13-/m1/s1. The van der Waals surface area contributed by atoms with E-state index in [1.54, 1.807) is 11.8 Å². The van der Waals surface area contributed by atoms with Crippen molar-refractivity contribution in [2.24, 2.45) is 0 Å². The second kappa shape index (κ2) is 11.7. The third-order valence-corrected chi connectivity index (χ3v) is 4.34. The molecular weight excluding hydrogens is 410 g/mol. The molecule has 1 aliphatic rings. The Hall–Kier alpha value is -3.34. The van der Waals surface area contributed by atoms with Crippen LogP contribution in [0.25, 0.3) is 0 Å². The maximum Gasteiger partial charge on any atom is 0.339 e. The first-order valence-corrected chi connectivity index (χ1v) is 9.81. The second-order valence-electron chi connectivity index (χ2n) is 6.54. The summed E-state index contributed by atoms with van der Waals surface area (Å²) in [4.78, 5) is 49.5. The Morgan fingerprint density at radius 1 is 1.16 bits per heavy atom. The summed E-state index contributed by atoms with van der Waals surface area (Å²) in [6, 6.07) is 3.60. The van der Waals surface area contributed by atoms with Gasteiger partial charge in [-0.05, 0) is 32.0 Å². The van der Waals surface area contributed by atoms with Crippen LogP contribution >= 0.6 is 0 Å². The number of morpholine rings is 1. The van der Waals surface area contributed by atoms with Crippen LogP contribution in [0.1, 0.15) is 24.2 Å². The summed E-state index contributed by atoms with van der Waals surface area (Å²) < 4.78 is 21.1. The van der Waals surface area contributed by atoms with Gasteiger partial charge in [0.2, 0.25) is 0 Å². The highest BCUT2D eigenvalue weighted by atomic mass is 16.5. The number of esters is 1. The van der Waals surface area contributed by atoms with Crippen molar-refractivity contribution in [1.29, 1.82) is 0 Å². The van der Waals surface area contributed by atoms with Gasteiger partial charge in [0.05, 0.1) is 25.9 Å². The number of benzene rings is 1. The van der Waals surface area contributed by atoms with Gasteiger partial charge in [-0.2, -0.15) is 0 Å². The van der Waals surface area contributed by atoms with E-state index in [1.165, 1.54) is 32.2 Å². The summed E-state index contributed by atoms with van der Waals surface area (Å²) in [6.07, 6.45) is -1.19. The fourth-order valence-corrected chi connectivity index (χ4v) is 2.66. The van der Waals surface area contributed by atoms with Gasteiger partial charge in [0.25, 0.3) is 11.8 Å². The monoisotopic (exact) mass is 437 g/mol. The molecule has 11 nitrogen and oxygen atoms in total. The van der Waals surface area contributed by atoms with Crippen LogP contribution in [-0.2, 0) is 19.1 Å². The van der Waals surface area contributed by atoms with Crippen molar-refractivity contribution in [2.45, 2.75) is 20.0 Å². The van der Waals surface area contributed by atoms with Crippen molar-refractivity contribution in [3.8, 4) is 11.5 Å². The number of carbonyl (C=O) groups is 4. The van der Waals surface area contributed by atoms with Gasteiger partial charge < -0.3 is 29.2 Å². The average molecular weight is 437 g/mol. The summed E-state index contributed by atoms with van der Waals surface area (Å²) in [5.41, 5.74) is 0.112. The molecule has 1 fully saturated rings. The van der Waals surface area contributed by atoms with Crippen LogP contribution < -0.4 is 20.1 Å².